The minimum atomic E-state index is 0.0106. The van der Waals surface area contributed by atoms with E-state index in [1.807, 2.05) is 0 Å². The summed E-state index contributed by atoms with van der Waals surface area (Å²) in [7, 11) is 0. The van der Waals surface area contributed by atoms with Crippen LogP contribution in [0.4, 0.5) is 4.79 Å². The number of unbranched alkanes of at least 4 members (excludes halogenated alkanes) is 2. The van der Waals surface area contributed by atoms with Crippen molar-refractivity contribution < 1.29 is 4.79 Å². The average Bonchev–Trinajstić information content (AvgIpc) is 2.88. The maximum absolute atomic E-state index is 11.3. The zero-order chi connectivity index (χ0) is 10.4. The van der Waals surface area contributed by atoms with Crippen molar-refractivity contribution >= 4 is 6.03 Å². The van der Waals surface area contributed by atoms with E-state index in [0.717, 1.165) is 19.3 Å². The van der Waals surface area contributed by atoms with Gasteiger partial charge in [0, 0.05) is 12.1 Å². The molecule has 2 amide bonds. The molecule has 1 saturated carbocycles. The summed E-state index contributed by atoms with van der Waals surface area (Å²) in [5.41, 5.74) is 0. The Labute approximate surface area is 86.6 Å². The number of carbonyl (C=O) groups excluding carboxylic acids is 1. The largest absolute Gasteiger partial charge is 0.336 e. The summed E-state index contributed by atoms with van der Waals surface area (Å²) in [5, 5.41) is 5.89. The van der Waals surface area contributed by atoms with E-state index in [4.69, 9.17) is 0 Å². The van der Waals surface area contributed by atoms with Crippen LogP contribution in [0.1, 0.15) is 52.4 Å². The second-order valence-corrected chi connectivity index (χ2v) is 4.29. The average molecular weight is 198 g/mol. The van der Waals surface area contributed by atoms with Crippen LogP contribution in [0.2, 0.25) is 0 Å². The lowest BCUT2D eigenvalue weighted by Crippen LogP contribution is -2.41. The molecule has 3 nitrogen and oxygen atoms in total. The fourth-order valence-electron chi connectivity index (χ4n) is 1.45. The molecular weight excluding hydrogens is 176 g/mol. The molecular formula is C11H22N2O. The lowest BCUT2D eigenvalue weighted by Gasteiger charge is -2.13. The summed E-state index contributed by atoms with van der Waals surface area (Å²) in [4.78, 5) is 11.3. The van der Waals surface area contributed by atoms with Crippen molar-refractivity contribution in [2.45, 2.75) is 64.5 Å². The van der Waals surface area contributed by atoms with Crippen LogP contribution in [-0.2, 0) is 0 Å². The molecule has 0 aromatic heterocycles. The number of rotatable bonds is 6. The number of hydrogen-bond acceptors (Lipinski definition) is 1. The number of amides is 2. The molecule has 0 aromatic carbocycles. The van der Waals surface area contributed by atoms with Crippen molar-refractivity contribution in [1.82, 2.24) is 10.6 Å². The highest BCUT2D eigenvalue weighted by molar-refractivity contribution is 5.74. The van der Waals surface area contributed by atoms with Gasteiger partial charge in [-0.15, -0.1) is 0 Å². The maximum Gasteiger partial charge on any atom is 0.315 e. The van der Waals surface area contributed by atoms with E-state index in [2.05, 4.69) is 24.5 Å². The molecule has 0 aromatic rings. The third-order valence-corrected chi connectivity index (χ3v) is 2.53. The van der Waals surface area contributed by atoms with Gasteiger partial charge in [-0.05, 0) is 26.2 Å². The van der Waals surface area contributed by atoms with Crippen LogP contribution in [-0.4, -0.2) is 18.1 Å². The summed E-state index contributed by atoms with van der Waals surface area (Å²) >= 11 is 0. The number of carbonyl (C=O) groups is 1. The summed E-state index contributed by atoms with van der Waals surface area (Å²) in [6.45, 7) is 4.26. The topological polar surface area (TPSA) is 41.1 Å². The summed E-state index contributed by atoms with van der Waals surface area (Å²) in [6.07, 6.45) is 7.10. The van der Waals surface area contributed by atoms with Crippen LogP contribution >= 0.6 is 0 Å². The van der Waals surface area contributed by atoms with Crippen LogP contribution < -0.4 is 10.6 Å². The molecule has 1 unspecified atom stereocenters. The van der Waals surface area contributed by atoms with Crippen LogP contribution in [0.15, 0.2) is 0 Å². The molecule has 1 rings (SSSR count). The van der Waals surface area contributed by atoms with Gasteiger partial charge in [-0.1, -0.05) is 26.2 Å². The molecule has 0 saturated heterocycles. The molecule has 1 aliphatic carbocycles. The van der Waals surface area contributed by atoms with E-state index in [-0.39, 0.29) is 6.03 Å². The number of urea groups is 1. The Morgan fingerprint density at radius 3 is 2.71 bits per heavy atom. The standard InChI is InChI=1S/C11H22N2O/c1-3-4-5-6-9(2)12-11(14)13-10-7-8-10/h9-10H,3-8H2,1-2H3,(H2,12,13,14). The second kappa shape index (κ2) is 5.89. The summed E-state index contributed by atoms with van der Waals surface area (Å²) < 4.78 is 0. The quantitative estimate of drug-likeness (QED) is 0.632. The Morgan fingerprint density at radius 1 is 1.43 bits per heavy atom. The second-order valence-electron chi connectivity index (χ2n) is 4.29. The van der Waals surface area contributed by atoms with Gasteiger partial charge in [0.15, 0.2) is 0 Å². The summed E-state index contributed by atoms with van der Waals surface area (Å²) in [6, 6.07) is 0.773. The third-order valence-electron chi connectivity index (χ3n) is 2.53. The van der Waals surface area contributed by atoms with Gasteiger partial charge in [-0.2, -0.15) is 0 Å². The van der Waals surface area contributed by atoms with E-state index in [1.54, 1.807) is 0 Å². The van der Waals surface area contributed by atoms with Crippen LogP contribution in [0.5, 0.6) is 0 Å². The van der Waals surface area contributed by atoms with E-state index >= 15 is 0 Å². The lowest BCUT2D eigenvalue weighted by molar-refractivity contribution is 0.236. The lowest BCUT2D eigenvalue weighted by atomic mass is 10.1. The highest BCUT2D eigenvalue weighted by Gasteiger charge is 2.23. The Balaban J connectivity index is 1.99. The molecule has 82 valence electrons. The van der Waals surface area contributed by atoms with Crippen LogP contribution in [0, 0.1) is 0 Å². The first-order valence-electron chi connectivity index (χ1n) is 5.79. The number of nitrogens with one attached hydrogen (secondary N) is 2. The molecule has 1 atom stereocenters. The normalized spacial score (nSPS) is 17.6. The Hall–Kier alpha value is -0.730. The fraction of sp³-hybridized carbons (Fsp3) is 0.909. The van der Waals surface area contributed by atoms with Gasteiger partial charge >= 0.3 is 6.03 Å². The van der Waals surface area contributed by atoms with Crippen molar-refractivity contribution in [1.29, 1.82) is 0 Å². The Bertz CT molecular complexity index is 178. The summed E-state index contributed by atoms with van der Waals surface area (Å²) in [5.74, 6) is 0. The van der Waals surface area contributed by atoms with Gasteiger partial charge in [-0.3, -0.25) is 0 Å². The van der Waals surface area contributed by atoms with Gasteiger partial charge in [0.05, 0.1) is 0 Å². The molecule has 14 heavy (non-hydrogen) atoms. The molecule has 0 heterocycles. The first-order valence-corrected chi connectivity index (χ1v) is 5.79. The van der Waals surface area contributed by atoms with Gasteiger partial charge in [-0.25, -0.2) is 4.79 Å². The van der Waals surface area contributed by atoms with E-state index in [9.17, 15) is 4.79 Å². The van der Waals surface area contributed by atoms with Crippen molar-refractivity contribution in [2.75, 3.05) is 0 Å². The van der Waals surface area contributed by atoms with Crippen molar-refractivity contribution in [3.05, 3.63) is 0 Å². The van der Waals surface area contributed by atoms with Crippen LogP contribution in [0.25, 0.3) is 0 Å². The van der Waals surface area contributed by atoms with Crippen molar-refractivity contribution in [3.63, 3.8) is 0 Å². The first kappa shape index (κ1) is 11.3. The smallest absolute Gasteiger partial charge is 0.315 e. The van der Waals surface area contributed by atoms with Gasteiger partial charge in [0.1, 0.15) is 0 Å². The van der Waals surface area contributed by atoms with Gasteiger partial charge in [0.25, 0.3) is 0 Å². The van der Waals surface area contributed by atoms with Crippen molar-refractivity contribution in [3.8, 4) is 0 Å². The predicted molar refractivity (Wildman–Crippen MR) is 58.3 cm³/mol. The SMILES string of the molecule is CCCCCC(C)NC(=O)NC1CC1. The monoisotopic (exact) mass is 198 g/mol. The molecule has 2 N–H and O–H groups in total. The maximum atomic E-state index is 11.3. The molecule has 0 bridgehead atoms. The highest BCUT2D eigenvalue weighted by Crippen LogP contribution is 2.18. The Kier molecular flexibility index (Phi) is 4.77. The predicted octanol–water partition coefficient (Wildman–Crippen LogP) is 2.42. The number of hydrogen-bond donors (Lipinski definition) is 2. The van der Waals surface area contributed by atoms with Gasteiger partial charge < -0.3 is 10.6 Å². The minimum Gasteiger partial charge on any atom is -0.336 e. The fourth-order valence-corrected chi connectivity index (χ4v) is 1.45. The highest BCUT2D eigenvalue weighted by atomic mass is 16.2. The first-order chi connectivity index (χ1) is 6.72. The molecule has 3 heteroatoms. The van der Waals surface area contributed by atoms with Crippen LogP contribution in [0.3, 0.4) is 0 Å². The van der Waals surface area contributed by atoms with E-state index < -0.39 is 0 Å². The van der Waals surface area contributed by atoms with Crippen molar-refractivity contribution in [2.24, 2.45) is 0 Å². The molecule has 1 aliphatic rings. The third kappa shape index (κ3) is 5.10. The zero-order valence-electron chi connectivity index (χ0n) is 9.31. The molecule has 1 fully saturated rings. The van der Waals surface area contributed by atoms with E-state index in [1.165, 1.54) is 19.3 Å². The minimum absolute atomic E-state index is 0.0106. The van der Waals surface area contributed by atoms with Gasteiger partial charge in [0.2, 0.25) is 0 Å². The molecule has 0 spiro atoms. The van der Waals surface area contributed by atoms with E-state index in [0.29, 0.717) is 12.1 Å². The molecule has 0 radical (unpaired) electrons. The zero-order valence-corrected chi connectivity index (χ0v) is 9.31. The molecule has 0 aliphatic heterocycles. The Morgan fingerprint density at radius 2 is 2.14 bits per heavy atom.